The molecule has 0 fully saturated rings. The van der Waals surface area contributed by atoms with E-state index in [0.29, 0.717) is 0 Å². The van der Waals surface area contributed by atoms with E-state index < -0.39 is 0 Å². The van der Waals surface area contributed by atoms with Gasteiger partial charge in [-0.3, -0.25) is 0 Å². The summed E-state index contributed by atoms with van der Waals surface area (Å²) in [6.45, 7) is 5.07. The predicted molar refractivity (Wildman–Crippen MR) is 79.1 cm³/mol. The van der Waals surface area contributed by atoms with Gasteiger partial charge in [-0.25, -0.2) is 0 Å². The summed E-state index contributed by atoms with van der Waals surface area (Å²) in [6.07, 6.45) is 0. The van der Waals surface area contributed by atoms with Crippen LogP contribution < -0.4 is 5.32 Å². The summed E-state index contributed by atoms with van der Waals surface area (Å²) >= 11 is 6.38. The first-order valence-electron chi connectivity index (χ1n) is 6.12. The minimum atomic E-state index is 0.815. The van der Waals surface area contributed by atoms with Crippen molar-refractivity contribution < 1.29 is 0 Å². The van der Waals surface area contributed by atoms with Crippen LogP contribution in [0.4, 0.5) is 0 Å². The summed E-state index contributed by atoms with van der Waals surface area (Å²) < 4.78 is 0. The molecule has 0 amide bonds. The fraction of sp³-hybridized carbons (Fsp3) is 0.250. The Bertz CT molecular complexity index is 561. The summed E-state index contributed by atoms with van der Waals surface area (Å²) in [6, 6.07) is 12.7. The average Bonchev–Trinajstić information content (AvgIpc) is 2.31. The van der Waals surface area contributed by atoms with Crippen molar-refractivity contribution in [3.63, 3.8) is 0 Å². The molecular formula is C16H18ClN. The van der Waals surface area contributed by atoms with Crippen LogP contribution in [0.1, 0.15) is 16.7 Å². The number of halogens is 1. The quantitative estimate of drug-likeness (QED) is 0.865. The van der Waals surface area contributed by atoms with E-state index in [2.05, 4.69) is 49.5 Å². The van der Waals surface area contributed by atoms with Gasteiger partial charge in [-0.15, -0.1) is 0 Å². The van der Waals surface area contributed by atoms with Crippen LogP contribution in [0.5, 0.6) is 0 Å². The number of benzene rings is 2. The van der Waals surface area contributed by atoms with E-state index in [0.717, 1.165) is 17.1 Å². The second-order valence-corrected chi connectivity index (χ2v) is 5.07. The first-order chi connectivity index (χ1) is 8.61. The fourth-order valence-corrected chi connectivity index (χ4v) is 2.51. The molecule has 2 heteroatoms. The normalized spacial score (nSPS) is 10.7. The van der Waals surface area contributed by atoms with Crippen molar-refractivity contribution in [3.8, 4) is 11.1 Å². The highest BCUT2D eigenvalue weighted by Gasteiger charge is 2.07. The minimum absolute atomic E-state index is 0.815. The Morgan fingerprint density at radius 1 is 1.00 bits per heavy atom. The van der Waals surface area contributed by atoms with Crippen LogP contribution in [0.2, 0.25) is 5.02 Å². The van der Waals surface area contributed by atoms with Crippen LogP contribution >= 0.6 is 11.6 Å². The van der Waals surface area contributed by atoms with Crippen molar-refractivity contribution in [2.45, 2.75) is 20.4 Å². The highest BCUT2D eigenvalue weighted by Crippen LogP contribution is 2.31. The highest BCUT2D eigenvalue weighted by molar-refractivity contribution is 6.33. The highest BCUT2D eigenvalue weighted by atomic mass is 35.5. The van der Waals surface area contributed by atoms with Crippen LogP contribution in [0.25, 0.3) is 11.1 Å². The Morgan fingerprint density at radius 3 is 2.33 bits per heavy atom. The molecule has 0 radical (unpaired) electrons. The van der Waals surface area contributed by atoms with Gasteiger partial charge in [0.2, 0.25) is 0 Å². The zero-order valence-corrected chi connectivity index (χ0v) is 11.8. The summed E-state index contributed by atoms with van der Waals surface area (Å²) in [5.74, 6) is 0. The van der Waals surface area contributed by atoms with Gasteiger partial charge in [0.1, 0.15) is 0 Å². The molecular weight excluding hydrogens is 242 g/mol. The molecule has 2 aromatic rings. The van der Waals surface area contributed by atoms with Gasteiger partial charge < -0.3 is 5.32 Å². The first kappa shape index (κ1) is 13.1. The standard InChI is InChI=1S/C16H18ClN/c1-11-4-6-14(12(2)8-11)15-7-5-13(10-18-3)9-16(15)17/h4-9,18H,10H2,1-3H3. The lowest BCUT2D eigenvalue weighted by Crippen LogP contribution is -2.04. The maximum atomic E-state index is 6.38. The molecule has 0 aliphatic carbocycles. The van der Waals surface area contributed by atoms with E-state index in [1.807, 2.05) is 13.1 Å². The third-order valence-corrected chi connectivity index (χ3v) is 3.40. The Labute approximate surface area is 114 Å². The predicted octanol–water partition coefficient (Wildman–Crippen LogP) is 4.34. The zero-order valence-electron chi connectivity index (χ0n) is 11.0. The lowest BCUT2D eigenvalue weighted by atomic mass is 9.98. The third kappa shape index (κ3) is 2.74. The summed E-state index contributed by atoms with van der Waals surface area (Å²) in [5, 5.41) is 3.95. The van der Waals surface area contributed by atoms with Gasteiger partial charge in [-0.05, 0) is 43.7 Å². The summed E-state index contributed by atoms with van der Waals surface area (Å²) in [7, 11) is 1.94. The monoisotopic (exact) mass is 259 g/mol. The third-order valence-electron chi connectivity index (χ3n) is 3.09. The van der Waals surface area contributed by atoms with Gasteiger partial charge in [0.05, 0.1) is 0 Å². The summed E-state index contributed by atoms with van der Waals surface area (Å²) in [5.41, 5.74) is 6.06. The lowest BCUT2D eigenvalue weighted by molar-refractivity contribution is 0.818. The van der Waals surface area contributed by atoms with Gasteiger partial charge in [0.15, 0.2) is 0 Å². The molecule has 94 valence electrons. The van der Waals surface area contributed by atoms with E-state index in [1.165, 1.54) is 22.3 Å². The first-order valence-corrected chi connectivity index (χ1v) is 6.50. The van der Waals surface area contributed by atoms with Gasteiger partial charge in [-0.1, -0.05) is 47.5 Å². The van der Waals surface area contributed by atoms with E-state index in [1.54, 1.807) is 0 Å². The number of nitrogens with one attached hydrogen (secondary N) is 1. The molecule has 0 spiro atoms. The van der Waals surface area contributed by atoms with Crippen molar-refractivity contribution in [1.29, 1.82) is 0 Å². The van der Waals surface area contributed by atoms with Crippen molar-refractivity contribution in [1.82, 2.24) is 5.32 Å². The topological polar surface area (TPSA) is 12.0 Å². The number of rotatable bonds is 3. The molecule has 2 aromatic carbocycles. The molecule has 1 N–H and O–H groups in total. The molecule has 0 heterocycles. The molecule has 0 saturated carbocycles. The molecule has 0 aromatic heterocycles. The smallest absolute Gasteiger partial charge is 0.0487 e. The SMILES string of the molecule is CNCc1ccc(-c2ccc(C)cc2C)c(Cl)c1. The van der Waals surface area contributed by atoms with E-state index in [4.69, 9.17) is 11.6 Å². The minimum Gasteiger partial charge on any atom is -0.316 e. The van der Waals surface area contributed by atoms with Crippen molar-refractivity contribution in [3.05, 3.63) is 58.1 Å². The molecule has 0 bridgehead atoms. The molecule has 0 aliphatic rings. The van der Waals surface area contributed by atoms with Crippen molar-refractivity contribution in [2.75, 3.05) is 7.05 Å². The van der Waals surface area contributed by atoms with Crippen LogP contribution in [0.3, 0.4) is 0 Å². The molecule has 2 rings (SSSR count). The molecule has 0 atom stereocenters. The number of hydrogen-bond donors (Lipinski definition) is 1. The Hall–Kier alpha value is -1.31. The molecule has 0 unspecified atom stereocenters. The lowest BCUT2D eigenvalue weighted by Gasteiger charge is -2.10. The average molecular weight is 260 g/mol. The number of aryl methyl sites for hydroxylation is 2. The molecule has 0 saturated heterocycles. The Morgan fingerprint density at radius 2 is 1.72 bits per heavy atom. The van der Waals surface area contributed by atoms with Crippen LogP contribution in [0, 0.1) is 13.8 Å². The maximum Gasteiger partial charge on any atom is 0.0487 e. The second-order valence-electron chi connectivity index (χ2n) is 4.66. The van der Waals surface area contributed by atoms with E-state index >= 15 is 0 Å². The van der Waals surface area contributed by atoms with Crippen LogP contribution in [-0.2, 0) is 6.54 Å². The largest absolute Gasteiger partial charge is 0.316 e. The maximum absolute atomic E-state index is 6.38. The molecule has 1 nitrogen and oxygen atoms in total. The van der Waals surface area contributed by atoms with Gasteiger partial charge in [0.25, 0.3) is 0 Å². The molecule has 18 heavy (non-hydrogen) atoms. The number of hydrogen-bond acceptors (Lipinski definition) is 1. The Kier molecular flexibility index (Phi) is 4.05. The zero-order chi connectivity index (χ0) is 13.1. The van der Waals surface area contributed by atoms with Crippen molar-refractivity contribution in [2.24, 2.45) is 0 Å². The molecule has 0 aliphatic heterocycles. The van der Waals surface area contributed by atoms with Gasteiger partial charge in [-0.2, -0.15) is 0 Å². The summed E-state index contributed by atoms with van der Waals surface area (Å²) in [4.78, 5) is 0. The fourth-order valence-electron chi connectivity index (χ4n) is 2.21. The van der Waals surface area contributed by atoms with Gasteiger partial charge >= 0.3 is 0 Å². The van der Waals surface area contributed by atoms with Crippen LogP contribution in [-0.4, -0.2) is 7.05 Å². The van der Waals surface area contributed by atoms with E-state index in [9.17, 15) is 0 Å². The van der Waals surface area contributed by atoms with Crippen molar-refractivity contribution >= 4 is 11.6 Å². The van der Waals surface area contributed by atoms with Crippen LogP contribution in [0.15, 0.2) is 36.4 Å². The Balaban J connectivity index is 2.44. The second kappa shape index (κ2) is 5.55. The van der Waals surface area contributed by atoms with E-state index in [-0.39, 0.29) is 0 Å². The van der Waals surface area contributed by atoms with Gasteiger partial charge in [0, 0.05) is 17.1 Å².